The number of aryl methyl sites for hydroxylation is 1. The first-order chi connectivity index (χ1) is 9.69. The molecule has 1 N–H and O–H groups in total. The summed E-state index contributed by atoms with van der Waals surface area (Å²) in [7, 11) is 1.98. The average molecular weight is 303 g/mol. The van der Waals surface area contributed by atoms with Gasteiger partial charge in [-0.3, -0.25) is 4.98 Å². The Labute approximate surface area is 127 Å². The zero-order valence-electron chi connectivity index (χ0n) is 11.4. The van der Waals surface area contributed by atoms with Gasteiger partial charge in [-0.25, -0.2) is 0 Å². The first-order valence-corrected chi connectivity index (χ1v) is 7.67. The maximum atomic E-state index is 6.08. The van der Waals surface area contributed by atoms with Crippen molar-refractivity contribution >= 4 is 33.8 Å². The van der Waals surface area contributed by atoms with Gasteiger partial charge in [-0.2, -0.15) is 0 Å². The summed E-state index contributed by atoms with van der Waals surface area (Å²) in [6.45, 7) is 2.03. The second-order valence-corrected chi connectivity index (χ2v) is 6.48. The molecular weight excluding hydrogens is 288 g/mol. The van der Waals surface area contributed by atoms with Crippen LogP contribution >= 0.6 is 22.9 Å². The highest BCUT2D eigenvalue weighted by Gasteiger charge is 2.17. The topological polar surface area (TPSA) is 24.9 Å². The molecule has 0 fully saturated rings. The van der Waals surface area contributed by atoms with Crippen molar-refractivity contribution in [2.24, 2.45) is 0 Å². The Morgan fingerprint density at radius 3 is 2.70 bits per heavy atom. The minimum Gasteiger partial charge on any atom is -0.309 e. The van der Waals surface area contributed by atoms with Gasteiger partial charge in [0.05, 0.1) is 15.9 Å². The van der Waals surface area contributed by atoms with Gasteiger partial charge in [0, 0.05) is 16.0 Å². The van der Waals surface area contributed by atoms with Crippen molar-refractivity contribution in [3.05, 3.63) is 62.9 Å². The van der Waals surface area contributed by atoms with E-state index in [2.05, 4.69) is 40.6 Å². The summed E-state index contributed by atoms with van der Waals surface area (Å²) >= 11 is 7.69. The van der Waals surface area contributed by atoms with E-state index in [0.29, 0.717) is 0 Å². The first kappa shape index (κ1) is 13.6. The molecule has 0 amide bonds. The molecule has 0 radical (unpaired) electrons. The van der Waals surface area contributed by atoms with Crippen molar-refractivity contribution in [3.63, 3.8) is 0 Å². The molecule has 1 aromatic carbocycles. The second-order valence-electron chi connectivity index (χ2n) is 4.73. The van der Waals surface area contributed by atoms with Crippen LogP contribution in [0.25, 0.3) is 10.9 Å². The molecule has 20 heavy (non-hydrogen) atoms. The summed E-state index contributed by atoms with van der Waals surface area (Å²) in [6, 6.07) is 14.6. The maximum absolute atomic E-state index is 6.08. The lowest BCUT2D eigenvalue weighted by atomic mass is 10.00. The number of nitrogens with zero attached hydrogens (tertiary/aromatic N) is 1. The highest BCUT2D eigenvalue weighted by Crippen LogP contribution is 2.34. The number of halogens is 1. The largest absolute Gasteiger partial charge is 0.309 e. The third kappa shape index (κ3) is 2.44. The number of para-hydroxylation sites is 1. The van der Waals surface area contributed by atoms with Gasteiger partial charge < -0.3 is 5.32 Å². The van der Waals surface area contributed by atoms with Crippen molar-refractivity contribution in [3.8, 4) is 0 Å². The zero-order chi connectivity index (χ0) is 14.1. The number of benzene rings is 1. The summed E-state index contributed by atoms with van der Waals surface area (Å²) in [5, 5.41) is 4.57. The fourth-order valence-corrected chi connectivity index (χ4v) is 3.70. The van der Waals surface area contributed by atoms with Gasteiger partial charge in [0.1, 0.15) is 0 Å². The molecule has 0 saturated carbocycles. The van der Waals surface area contributed by atoms with Crippen LogP contribution in [0.3, 0.4) is 0 Å². The van der Waals surface area contributed by atoms with Crippen LogP contribution in [0, 0.1) is 6.92 Å². The number of pyridine rings is 1. The fraction of sp³-hybridized carbons (Fsp3) is 0.188. The molecule has 0 aliphatic carbocycles. The zero-order valence-corrected chi connectivity index (χ0v) is 12.9. The van der Waals surface area contributed by atoms with Crippen LogP contribution in [-0.2, 0) is 0 Å². The highest BCUT2D eigenvalue weighted by atomic mass is 35.5. The van der Waals surface area contributed by atoms with E-state index in [1.807, 2.05) is 26.1 Å². The lowest BCUT2D eigenvalue weighted by Crippen LogP contribution is -2.17. The molecule has 2 nitrogen and oxygen atoms in total. The van der Waals surface area contributed by atoms with Crippen molar-refractivity contribution < 1.29 is 0 Å². The van der Waals surface area contributed by atoms with Gasteiger partial charge in [0.15, 0.2) is 0 Å². The molecule has 0 spiro atoms. The normalized spacial score (nSPS) is 12.8. The van der Waals surface area contributed by atoms with Crippen LogP contribution < -0.4 is 5.32 Å². The number of rotatable bonds is 3. The van der Waals surface area contributed by atoms with Crippen molar-refractivity contribution in [2.75, 3.05) is 7.05 Å². The highest BCUT2D eigenvalue weighted by molar-refractivity contribution is 7.16. The summed E-state index contributed by atoms with van der Waals surface area (Å²) < 4.78 is 0.815. The summed E-state index contributed by atoms with van der Waals surface area (Å²) in [5.74, 6) is 0. The standard InChI is InChI=1S/C16H15ClN2S/c1-10-9-12(11-5-3-4-6-13(11)19-10)16(18-2)14-7-8-15(17)20-14/h3-9,16,18H,1-2H3. The number of nitrogens with one attached hydrogen (secondary N) is 1. The second kappa shape index (κ2) is 5.52. The molecule has 4 heteroatoms. The molecule has 0 bridgehead atoms. The third-order valence-electron chi connectivity index (χ3n) is 3.35. The molecular formula is C16H15ClN2S. The van der Waals surface area contributed by atoms with Crippen LogP contribution in [0.15, 0.2) is 42.5 Å². The number of hydrogen-bond donors (Lipinski definition) is 1. The number of aromatic nitrogens is 1. The monoisotopic (exact) mass is 302 g/mol. The minimum absolute atomic E-state index is 0.138. The quantitative estimate of drug-likeness (QED) is 0.767. The Bertz CT molecular complexity index is 751. The van der Waals surface area contributed by atoms with E-state index in [9.17, 15) is 0 Å². The van der Waals surface area contributed by atoms with Crippen molar-refractivity contribution in [2.45, 2.75) is 13.0 Å². The van der Waals surface area contributed by atoms with E-state index >= 15 is 0 Å². The van der Waals surface area contributed by atoms with Gasteiger partial charge in [0.25, 0.3) is 0 Å². The Kier molecular flexibility index (Phi) is 3.74. The average Bonchev–Trinajstić information content (AvgIpc) is 2.86. The lowest BCUT2D eigenvalue weighted by molar-refractivity contribution is 0.707. The molecule has 0 aliphatic rings. The smallest absolute Gasteiger partial charge is 0.0931 e. The van der Waals surface area contributed by atoms with Gasteiger partial charge in [0.2, 0.25) is 0 Å². The maximum Gasteiger partial charge on any atom is 0.0931 e. The van der Waals surface area contributed by atoms with Crippen LogP contribution in [0.2, 0.25) is 4.34 Å². The van der Waals surface area contributed by atoms with Crippen LogP contribution in [0.1, 0.15) is 22.2 Å². The third-order valence-corrected chi connectivity index (χ3v) is 4.65. The molecule has 2 aromatic heterocycles. The number of hydrogen-bond acceptors (Lipinski definition) is 3. The lowest BCUT2D eigenvalue weighted by Gasteiger charge is -2.18. The van der Waals surface area contributed by atoms with Gasteiger partial charge in [-0.1, -0.05) is 29.8 Å². The van der Waals surface area contributed by atoms with Crippen molar-refractivity contribution in [1.82, 2.24) is 10.3 Å². The molecule has 1 unspecified atom stereocenters. The molecule has 0 aliphatic heterocycles. The number of fused-ring (bicyclic) bond motifs is 1. The molecule has 2 heterocycles. The Hall–Kier alpha value is -1.42. The summed E-state index contributed by atoms with van der Waals surface area (Å²) in [4.78, 5) is 5.82. The molecule has 0 saturated heterocycles. The summed E-state index contributed by atoms with van der Waals surface area (Å²) in [6.07, 6.45) is 0. The summed E-state index contributed by atoms with van der Waals surface area (Å²) in [5.41, 5.74) is 3.31. The van der Waals surface area contributed by atoms with Crippen LogP contribution in [-0.4, -0.2) is 12.0 Å². The van der Waals surface area contributed by atoms with E-state index in [1.165, 1.54) is 15.8 Å². The first-order valence-electron chi connectivity index (χ1n) is 6.48. The molecule has 3 rings (SSSR count). The van der Waals surface area contributed by atoms with Gasteiger partial charge in [-0.15, -0.1) is 11.3 Å². The van der Waals surface area contributed by atoms with E-state index in [4.69, 9.17) is 11.6 Å². The van der Waals surface area contributed by atoms with E-state index in [0.717, 1.165) is 15.5 Å². The number of thiophene rings is 1. The van der Waals surface area contributed by atoms with E-state index < -0.39 is 0 Å². The van der Waals surface area contributed by atoms with Gasteiger partial charge in [-0.05, 0) is 43.8 Å². The Balaban J connectivity index is 2.21. The van der Waals surface area contributed by atoms with E-state index in [-0.39, 0.29) is 6.04 Å². The van der Waals surface area contributed by atoms with Crippen LogP contribution in [0.4, 0.5) is 0 Å². The fourth-order valence-electron chi connectivity index (χ4n) is 2.51. The van der Waals surface area contributed by atoms with Crippen LogP contribution in [0.5, 0.6) is 0 Å². The van der Waals surface area contributed by atoms with Crippen molar-refractivity contribution in [1.29, 1.82) is 0 Å². The predicted molar refractivity (Wildman–Crippen MR) is 86.7 cm³/mol. The van der Waals surface area contributed by atoms with E-state index in [1.54, 1.807) is 11.3 Å². The predicted octanol–water partition coefficient (Wildman–Crippen LogP) is 4.57. The Morgan fingerprint density at radius 2 is 2.00 bits per heavy atom. The SMILES string of the molecule is CNC(c1ccc(Cl)s1)c1cc(C)nc2ccccc12. The Morgan fingerprint density at radius 1 is 1.20 bits per heavy atom. The van der Waals surface area contributed by atoms with Gasteiger partial charge >= 0.3 is 0 Å². The molecule has 1 atom stereocenters. The minimum atomic E-state index is 0.138. The molecule has 102 valence electrons. The molecule has 3 aromatic rings.